The van der Waals surface area contributed by atoms with Gasteiger partial charge in [-0.25, -0.2) is 0 Å². The Bertz CT molecular complexity index is 723. The topological polar surface area (TPSA) is 0 Å². The van der Waals surface area contributed by atoms with E-state index in [9.17, 15) is 0 Å². The predicted octanol–water partition coefficient (Wildman–Crippen LogP) is 7.63. The summed E-state index contributed by atoms with van der Waals surface area (Å²) >= 11 is 11.3. The fourth-order valence-corrected chi connectivity index (χ4v) is 4.92. The van der Waals surface area contributed by atoms with Crippen LogP contribution in [-0.2, 0) is 10.8 Å². The van der Waals surface area contributed by atoms with Gasteiger partial charge in [-0.05, 0) is 71.2 Å². The minimum Gasteiger partial charge on any atom is -0.143 e. The van der Waals surface area contributed by atoms with Crippen molar-refractivity contribution in [3.8, 4) is 0 Å². The predicted molar refractivity (Wildman–Crippen MR) is 118 cm³/mol. The fraction of sp³-hybridized carbons (Fsp3) is 0.455. The summed E-state index contributed by atoms with van der Waals surface area (Å²) in [5.41, 5.74) is 5.24. The maximum Gasteiger partial charge on any atom is 0.0128 e. The van der Waals surface area contributed by atoms with Crippen molar-refractivity contribution >= 4 is 37.0 Å². The quantitative estimate of drug-likeness (QED) is 0.497. The van der Waals surface area contributed by atoms with Crippen LogP contribution in [0.4, 0.5) is 0 Å². The van der Waals surface area contributed by atoms with Crippen LogP contribution in [0.15, 0.2) is 43.8 Å². The Kier molecular flexibility index (Phi) is 6.03. The highest BCUT2D eigenvalue weighted by Gasteiger charge is 2.21. The molecule has 0 heterocycles. The van der Waals surface area contributed by atoms with Crippen molar-refractivity contribution < 1.29 is 0 Å². The summed E-state index contributed by atoms with van der Waals surface area (Å²) in [6.45, 7) is 17.7. The number of aryl methyl sites for hydroxylation is 2. The Morgan fingerprint density at radius 3 is 1.24 bits per heavy atom. The lowest BCUT2D eigenvalue weighted by molar-refractivity contribution is 0.575. The maximum absolute atomic E-state index is 4.74. The van der Waals surface area contributed by atoms with Crippen LogP contribution in [0.3, 0.4) is 0 Å². The Labute approximate surface area is 169 Å². The highest BCUT2D eigenvalue weighted by molar-refractivity contribution is 7.99. The summed E-state index contributed by atoms with van der Waals surface area (Å²) in [6.07, 6.45) is 0. The highest BCUT2D eigenvalue weighted by Crippen LogP contribution is 2.40. The average Bonchev–Trinajstić information content (AvgIpc) is 2.43. The van der Waals surface area contributed by atoms with Gasteiger partial charge in [0.25, 0.3) is 0 Å². The summed E-state index contributed by atoms with van der Waals surface area (Å²) in [5, 5.41) is 0. The van der Waals surface area contributed by atoms with E-state index >= 15 is 0 Å². The normalized spacial score (nSPS) is 12.6. The van der Waals surface area contributed by atoms with Crippen molar-refractivity contribution in [1.29, 1.82) is 0 Å². The van der Waals surface area contributed by atoms with E-state index in [1.807, 2.05) is 11.8 Å². The zero-order chi connectivity index (χ0) is 19.2. The van der Waals surface area contributed by atoms with Crippen molar-refractivity contribution in [2.45, 2.75) is 85.8 Å². The number of hydrogen-bond acceptors (Lipinski definition) is 3. The van der Waals surface area contributed by atoms with Crippen molar-refractivity contribution in [3.05, 3.63) is 46.5 Å². The summed E-state index contributed by atoms with van der Waals surface area (Å²) < 4.78 is 0. The standard InChI is InChI=1S/C22H30S3/c1-13-9-15(11-17(19(13)23)21(3,4)5)25-16-10-14(2)20(24)18(12-16)22(6,7)8/h9-12,23-24H,1-8H3. The van der Waals surface area contributed by atoms with Gasteiger partial charge in [-0.15, -0.1) is 25.3 Å². The van der Waals surface area contributed by atoms with E-state index < -0.39 is 0 Å². The third kappa shape index (κ3) is 4.81. The van der Waals surface area contributed by atoms with Gasteiger partial charge in [0, 0.05) is 19.6 Å². The lowest BCUT2D eigenvalue weighted by Gasteiger charge is -2.25. The van der Waals surface area contributed by atoms with Crippen LogP contribution >= 0.6 is 37.0 Å². The fourth-order valence-electron chi connectivity index (χ4n) is 2.89. The lowest BCUT2D eigenvalue weighted by atomic mass is 9.86. The second-order valence-electron chi connectivity index (χ2n) is 8.87. The van der Waals surface area contributed by atoms with Crippen LogP contribution in [0, 0.1) is 13.8 Å². The molecule has 0 nitrogen and oxygen atoms in total. The summed E-state index contributed by atoms with van der Waals surface area (Å²) in [4.78, 5) is 4.75. The number of hydrogen-bond donors (Lipinski definition) is 2. The molecule has 2 aromatic carbocycles. The van der Waals surface area contributed by atoms with Crippen LogP contribution in [-0.4, -0.2) is 0 Å². The molecule has 0 saturated heterocycles. The van der Waals surface area contributed by atoms with E-state index in [1.54, 1.807) is 0 Å². The Balaban J connectivity index is 2.51. The molecule has 0 amide bonds. The van der Waals surface area contributed by atoms with Gasteiger partial charge in [0.05, 0.1) is 0 Å². The molecule has 2 rings (SSSR count). The molecule has 0 aliphatic heterocycles. The number of benzene rings is 2. The van der Waals surface area contributed by atoms with Crippen molar-refractivity contribution in [2.75, 3.05) is 0 Å². The summed E-state index contributed by atoms with van der Waals surface area (Å²) in [5.74, 6) is 0. The van der Waals surface area contributed by atoms with Crippen molar-refractivity contribution in [2.24, 2.45) is 0 Å². The molecule has 0 fully saturated rings. The maximum atomic E-state index is 4.74. The molecule has 0 atom stereocenters. The van der Waals surface area contributed by atoms with E-state index in [-0.39, 0.29) is 10.8 Å². The highest BCUT2D eigenvalue weighted by atomic mass is 32.2. The van der Waals surface area contributed by atoms with Crippen molar-refractivity contribution in [1.82, 2.24) is 0 Å². The molecule has 3 heteroatoms. The van der Waals surface area contributed by atoms with Gasteiger partial charge in [-0.2, -0.15) is 0 Å². The molecule has 0 aliphatic rings. The smallest absolute Gasteiger partial charge is 0.0128 e. The molecule has 0 bridgehead atoms. The van der Waals surface area contributed by atoms with E-state index in [0.29, 0.717) is 0 Å². The van der Waals surface area contributed by atoms with Crippen molar-refractivity contribution in [3.63, 3.8) is 0 Å². The molecule has 0 unspecified atom stereocenters. The third-order valence-electron chi connectivity index (χ3n) is 4.40. The Morgan fingerprint density at radius 2 is 0.960 bits per heavy atom. The molecule has 2 aromatic rings. The van der Waals surface area contributed by atoms with Gasteiger partial charge in [0.2, 0.25) is 0 Å². The molecule has 0 N–H and O–H groups in total. The Morgan fingerprint density at radius 1 is 0.640 bits per heavy atom. The minimum absolute atomic E-state index is 0.0832. The minimum atomic E-state index is 0.0832. The van der Waals surface area contributed by atoms with Gasteiger partial charge in [0.15, 0.2) is 0 Å². The van der Waals surface area contributed by atoms with Crippen LogP contribution in [0.25, 0.3) is 0 Å². The van der Waals surface area contributed by atoms with Gasteiger partial charge in [-0.3, -0.25) is 0 Å². The summed E-state index contributed by atoms with van der Waals surface area (Å²) in [6, 6.07) is 9.06. The van der Waals surface area contributed by atoms with Crippen LogP contribution in [0.5, 0.6) is 0 Å². The average molecular weight is 391 g/mol. The van der Waals surface area contributed by atoms with Gasteiger partial charge >= 0.3 is 0 Å². The molecule has 25 heavy (non-hydrogen) atoms. The zero-order valence-electron chi connectivity index (χ0n) is 16.6. The van der Waals surface area contributed by atoms with E-state index in [4.69, 9.17) is 25.3 Å². The SMILES string of the molecule is Cc1cc(Sc2cc(C)c(S)c(C(C)(C)C)c2)cc(C(C)(C)C)c1S. The van der Waals surface area contributed by atoms with Crippen LogP contribution in [0.2, 0.25) is 0 Å². The molecule has 136 valence electrons. The van der Waals surface area contributed by atoms with Gasteiger partial charge in [-0.1, -0.05) is 53.3 Å². The first-order valence-corrected chi connectivity index (χ1v) is 10.4. The lowest BCUT2D eigenvalue weighted by Crippen LogP contribution is -2.13. The van der Waals surface area contributed by atoms with E-state index in [1.165, 1.54) is 32.0 Å². The molecular formula is C22H30S3. The zero-order valence-corrected chi connectivity index (χ0v) is 19.2. The van der Waals surface area contributed by atoms with Crippen LogP contribution < -0.4 is 0 Å². The Hall–Kier alpha value is -0.510. The summed E-state index contributed by atoms with van der Waals surface area (Å²) in [7, 11) is 0. The first kappa shape index (κ1) is 20.8. The monoisotopic (exact) mass is 390 g/mol. The molecule has 0 radical (unpaired) electrons. The first-order valence-electron chi connectivity index (χ1n) is 8.66. The van der Waals surface area contributed by atoms with Crippen LogP contribution in [0.1, 0.15) is 63.8 Å². The molecule has 0 saturated carbocycles. The molecule has 0 spiro atoms. The van der Waals surface area contributed by atoms with Gasteiger partial charge < -0.3 is 0 Å². The third-order valence-corrected chi connectivity index (χ3v) is 6.53. The second-order valence-corrected chi connectivity index (χ2v) is 10.9. The number of rotatable bonds is 2. The molecule has 0 aromatic heterocycles. The van der Waals surface area contributed by atoms with Gasteiger partial charge in [0.1, 0.15) is 0 Å². The first-order chi connectivity index (χ1) is 11.3. The molecular weight excluding hydrogens is 360 g/mol. The largest absolute Gasteiger partial charge is 0.143 e. The van der Waals surface area contributed by atoms with E-state index in [0.717, 1.165) is 9.79 Å². The molecule has 0 aliphatic carbocycles. The number of thiol groups is 2. The van der Waals surface area contributed by atoms with E-state index in [2.05, 4.69) is 79.7 Å². The second kappa shape index (κ2) is 7.25.